The number of pyridine rings is 1. The summed E-state index contributed by atoms with van der Waals surface area (Å²) in [5.41, 5.74) is 2.47. The average Bonchev–Trinajstić information content (AvgIpc) is 3.45. The van der Waals surface area contributed by atoms with Crippen LogP contribution in [0.3, 0.4) is 0 Å². The predicted molar refractivity (Wildman–Crippen MR) is 115 cm³/mol. The molecule has 0 bridgehead atoms. The minimum atomic E-state index is -0.220. The number of benzene rings is 1. The average molecular weight is 421 g/mol. The van der Waals surface area contributed by atoms with Gasteiger partial charge in [-0.15, -0.1) is 22.7 Å². The van der Waals surface area contributed by atoms with Gasteiger partial charge in [0.15, 0.2) is 0 Å². The number of carbonyl (C=O) groups excluding carboxylic acids is 2. The van der Waals surface area contributed by atoms with Gasteiger partial charge in [-0.25, -0.2) is 4.98 Å². The standard InChI is InChI=1S/C21H16N4O2S2/c26-19(24-16-3-1-9-22-12-16)15-7-5-14(6-8-15)11-23-20(27)17-13-29-21(25-17)18-4-2-10-28-18/h1-10,12-13H,11H2,(H,23,27)(H,24,26). The highest BCUT2D eigenvalue weighted by Gasteiger charge is 2.12. The summed E-state index contributed by atoms with van der Waals surface area (Å²) < 4.78 is 0. The first-order valence-electron chi connectivity index (χ1n) is 8.77. The highest BCUT2D eigenvalue weighted by Crippen LogP contribution is 2.27. The van der Waals surface area contributed by atoms with Gasteiger partial charge in [0, 0.05) is 23.7 Å². The Morgan fingerprint density at radius 3 is 2.55 bits per heavy atom. The van der Waals surface area contributed by atoms with Gasteiger partial charge in [-0.3, -0.25) is 14.6 Å². The van der Waals surface area contributed by atoms with Crippen LogP contribution in [-0.4, -0.2) is 21.8 Å². The number of hydrogen-bond donors (Lipinski definition) is 2. The molecule has 0 saturated carbocycles. The molecular weight excluding hydrogens is 404 g/mol. The number of nitrogens with zero attached hydrogens (tertiary/aromatic N) is 2. The van der Waals surface area contributed by atoms with Crippen molar-refractivity contribution < 1.29 is 9.59 Å². The Kier molecular flexibility index (Phi) is 5.73. The van der Waals surface area contributed by atoms with E-state index >= 15 is 0 Å². The monoisotopic (exact) mass is 420 g/mol. The van der Waals surface area contributed by atoms with Gasteiger partial charge in [-0.05, 0) is 41.3 Å². The molecule has 0 unspecified atom stereocenters. The highest BCUT2D eigenvalue weighted by atomic mass is 32.1. The Labute approximate surface area is 175 Å². The van der Waals surface area contributed by atoms with E-state index in [9.17, 15) is 9.59 Å². The first kappa shape index (κ1) is 19.0. The Morgan fingerprint density at radius 2 is 1.83 bits per heavy atom. The predicted octanol–water partition coefficient (Wildman–Crippen LogP) is 4.45. The number of nitrogens with one attached hydrogen (secondary N) is 2. The van der Waals surface area contributed by atoms with Gasteiger partial charge in [0.05, 0.1) is 16.8 Å². The molecule has 0 saturated heterocycles. The molecule has 4 rings (SSSR count). The van der Waals surface area contributed by atoms with Crippen LogP contribution in [-0.2, 0) is 6.54 Å². The summed E-state index contributed by atoms with van der Waals surface area (Å²) in [5, 5.41) is 10.2. The maximum atomic E-state index is 12.3. The zero-order valence-corrected chi connectivity index (χ0v) is 16.8. The number of aromatic nitrogens is 2. The third-order valence-electron chi connectivity index (χ3n) is 4.06. The van der Waals surface area contributed by atoms with Crippen molar-refractivity contribution in [2.24, 2.45) is 0 Å². The number of hydrogen-bond acceptors (Lipinski definition) is 6. The SMILES string of the molecule is O=C(Nc1cccnc1)c1ccc(CNC(=O)c2csc(-c3cccs3)n2)cc1. The topological polar surface area (TPSA) is 84.0 Å². The Balaban J connectivity index is 1.33. The van der Waals surface area contributed by atoms with Crippen molar-refractivity contribution in [1.29, 1.82) is 0 Å². The van der Waals surface area contributed by atoms with E-state index in [-0.39, 0.29) is 11.8 Å². The lowest BCUT2D eigenvalue weighted by molar-refractivity contribution is 0.0945. The van der Waals surface area contributed by atoms with E-state index in [1.165, 1.54) is 11.3 Å². The molecule has 4 aromatic rings. The minimum Gasteiger partial charge on any atom is -0.347 e. The van der Waals surface area contributed by atoms with E-state index in [1.54, 1.807) is 53.4 Å². The lowest BCUT2D eigenvalue weighted by Crippen LogP contribution is -2.23. The van der Waals surface area contributed by atoms with E-state index in [4.69, 9.17) is 0 Å². The van der Waals surface area contributed by atoms with Crippen LogP contribution in [0.5, 0.6) is 0 Å². The molecular formula is C21H16N4O2S2. The summed E-state index contributed by atoms with van der Waals surface area (Å²) in [7, 11) is 0. The number of rotatable bonds is 6. The maximum absolute atomic E-state index is 12.3. The van der Waals surface area contributed by atoms with Gasteiger partial charge in [0.25, 0.3) is 11.8 Å². The summed E-state index contributed by atoms with van der Waals surface area (Å²) in [6, 6.07) is 14.6. The zero-order chi connectivity index (χ0) is 20.1. The van der Waals surface area contributed by atoms with Crippen LogP contribution < -0.4 is 10.6 Å². The molecule has 0 atom stereocenters. The van der Waals surface area contributed by atoms with Gasteiger partial charge in [-0.1, -0.05) is 18.2 Å². The van der Waals surface area contributed by atoms with Crippen molar-refractivity contribution >= 4 is 40.2 Å². The molecule has 6 nitrogen and oxygen atoms in total. The second-order valence-electron chi connectivity index (χ2n) is 6.09. The van der Waals surface area contributed by atoms with Gasteiger partial charge in [0.1, 0.15) is 10.7 Å². The zero-order valence-electron chi connectivity index (χ0n) is 15.2. The fraction of sp³-hybridized carbons (Fsp3) is 0.0476. The Morgan fingerprint density at radius 1 is 0.966 bits per heavy atom. The first-order valence-corrected chi connectivity index (χ1v) is 10.5. The van der Waals surface area contributed by atoms with E-state index in [2.05, 4.69) is 20.6 Å². The second-order valence-corrected chi connectivity index (χ2v) is 7.90. The molecule has 144 valence electrons. The van der Waals surface area contributed by atoms with Crippen molar-refractivity contribution in [3.05, 3.63) is 88.5 Å². The fourth-order valence-electron chi connectivity index (χ4n) is 2.58. The summed E-state index contributed by atoms with van der Waals surface area (Å²) in [6.45, 7) is 0.356. The normalized spacial score (nSPS) is 10.5. The van der Waals surface area contributed by atoms with Crippen LogP contribution >= 0.6 is 22.7 Å². The quantitative estimate of drug-likeness (QED) is 0.483. The molecule has 0 aliphatic rings. The van der Waals surface area contributed by atoms with Crippen LogP contribution in [0.4, 0.5) is 5.69 Å². The van der Waals surface area contributed by atoms with Crippen LogP contribution in [0, 0.1) is 0 Å². The number of carbonyl (C=O) groups is 2. The van der Waals surface area contributed by atoms with Crippen LogP contribution in [0.2, 0.25) is 0 Å². The number of anilines is 1. The molecule has 3 aromatic heterocycles. The fourth-order valence-corrected chi connectivity index (χ4v) is 4.19. The van der Waals surface area contributed by atoms with Crippen LogP contribution in [0.25, 0.3) is 9.88 Å². The Hall–Kier alpha value is -3.36. The van der Waals surface area contributed by atoms with E-state index in [1.807, 2.05) is 29.6 Å². The molecule has 2 amide bonds. The lowest BCUT2D eigenvalue weighted by Gasteiger charge is -2.07. The number of thiophene rings is 1. The molecule has 29 heavy (non-hydrogen) atoms. The summed E-state index contributed by atoms with van der Waals surface area (Å²) >= 11 is 3.05. The van der Waals surface area contributed by atoms with Crippen LogP contribution in [0.15, 0.2) is 71.7 Å². The van der Waals surface area contributed by atoms with E-state index < -0.39 is 0 Å². The molecule has 1 aromatic carbocycles. The smallest absolute Gasteiger partial charge is 0.271 e. The Bertz CT molecular complexity index is 1110. The molecule has 0 aliphatic heterocycles. The van der Waals surface area contributed by atoms with E-state index in [0.717, 1.165) is 15.4 Å². The third-order valence-corrected chi connectivity index (χ3v) is 5.94. The van der Waals surface area contributed by atoms with Crippen molar-refractivity contribution in [2.75, 3.05) is 5.32 Å². The summed E-state index contributed by atoms with van der Waals surface area (Å²) in [5.74, 6) is -0.431. The largest absolute Gasteiger partial charge is 0.347 e. The summed E-state index contributed by atoms with van der Waals surface area (Å²) in [6.07, 6.45) is 3.23. The highest BCUT2D eigenvalue weighted by molar-refractivity contribution is 7.20. The second kappa shape index (κ2) is 8.76. The third kappa shape index (κ3) is 4.74. The maximum Gasteiger partial charge on any atom is 0.271 e. The van der Waals surface area contributed by atoms with Gasteiger partial charge in [0.2, 0.25) is 0 Å². The van der Waals surface area contributed by atoms with Crippen molar-refractivity contribution in [3.63, 3.8) is 0 Å². The van der Waals surface area contributed by atoms with Gasteiger partial charge < -0.3 is 10.6 Å². The minimum absolute atomic E-state index is 0.211. The molecule has 0 aliphatic carbocycles. The number of amides is 2. The molecule has 0 spiro atoms. The van der Waals surface area contributed by atoms with Crippen molar-refractivity contribution in [1.82, 2.24) is 15.3 Å². The molecule has 0 radical (unpaired) electrons. The molecule has 0 fully saturated rings. The van der Waals surface area contributed by atoms with Gasteiger partial charge >= 0.3 is 0 Å². The van der Waals surface area contributed by atoms with E-state index in [0.29, 0.717) is 23.5 Å². The first-order chi connectivity index (χ1) is 14.2. The van der Waals surface area contributed by atoms with Crippen molar-refractivity contribution in [3.8, 4) is 9.88 Å². The van der Waals surface area contributed by atoms with Crippen molar-refractivity contribution in [2.45, 2.75) is 6.54 Å². The molecule has 2 N–H and O–H groups in total. The number of thiazole rings is 1. The molecule has 3 heterocycles. The van der Waals surface area contributed by atoms with Crippen LogP contribution in [0.1, 0.15) is 26.4 Å². The van der Waals surface area contributed by atoms with Gasteiger partial charge in [-0.2, -0.15) is 0 Å². The molecule has 8 heteroatoms. The summed E-state index contributed by atoms with van der Waals surface area (Å²) in [4.78, 5) is 34.0. The lowest BCUT2D eigenvalue weighted by atomic mass is 10.1.